The highest BCUT2D eigenvalue weighted by Gasteiger charge is 2.23. The minimum Gasteiger partial charge on any atom is -0.363 e. The average molecular weight is 201 g/mol. The van der Waals surface area contributed by atoms with Gasteiger partial charge in [-0.05, 0) is 36.2 Å². The van der Waals surface area contributed by atoms with Gasteiger partial charge < -0.3 is 4.74 Å². The first kappa shape index (κ1) is 9.81. The normalized spacial score (nSPS) is 40.8. The minimum absolute atomic E-state index is 0.347. The molecule has 3 heteroatoms. The number of ether oxygens (including phenoxy) is 1. The lowest BCUT2D eigenvalue weighted by molar-refractivity contribution is -0.0343. The van der Waals surface area contributed by atoms with Gasteiger partial charge in [-0.2, -0.15) is 11.8 Å². The Balaban J connectivity index is 1.69. The molecule has 3 atom stereocenters. The topological polar surface area (TPSA) is 21.3 Å². The van der Waals surface area contributed by atoms with Gasteiger partial charge in [-0.25, -0.2) is 0 Å². The van der Waals surface area contributed by atoms with E-state index in [-0.39, 0.29) is 0 Å². The lowest BCUT2D eigenvalue weighted by atomic mass is 10.0. The summed E-state index contributed by atoms with van der Waals surface area (Å²) in [5.41, 5.74) is 0. The van der Waals surface area contributed by atoms with Crippen LogP contribution in [0.3, 0.4) is 0 Å². The zero-order valence-corrected chi connectivity index (χ0v) is 9.11. The Morgan fingerprint density at radius 1 is 1.54 bits per heavy atom. The molecule has 0 spiro atoms. The lowest BCUT2D eigenvalue weighted by Crippen LogP contribution is -2.43. The number of hydrogen-bond acceptors (Lipinski definition) is 3. The predicted molar refractivity (Wildman–Crippen MR) is 57.0 cm³/mol. The van der Waals surface area contributed by atoms with E-state index in [2.05, 4.69) is 24.0 Å². The van der Waals surface area contributed by atoms with Gasteiger partial charge in [-0.1, -0.05) is 6.92 Å². The Morgan fingerprint density at radius 3 is 3.08 bits per heavy atom. The second-order valence-corrected chi connectivity index (χ2v) is 5.45. The van der Waals surface area contributed by atoms with Crippen molar-refractivity contribution < 1.29 is 4.74 Å². The molecule has 0 aliphatic carbocycles. The quantitative estimate of drug-likeness (QED) is 0.735. The third kappa shape index (κ3) is 2.86. The van der Waals surface area contributed by atoms with Gasteiger partial charge in [-0.3, -0.25) is 5.32 Å². The molecule has 2 heterocycles. The summed E-state index contributed by atoms with van der Waals surface area (Å²) in [7, 11) is 0. The van der Waals surface area contributed by atoms with Crippen LogP contribution in [0.5, 0.6) is 0 Å². The largest absolute Gasteiger partial charge is 0.363 e. The highest BCUT2D eigenvalue weighted by Crippen LogP contribution is 2.27. The van der Waals surface area contributed by atoms with Crippen molar-refractivity contribution in [1.82, 2.24) is 5.32 Å². The van der Waals surface area contributed by atoms with E-state index in [1.165, 1.54) is 24.3 Å². The van der Waals surface area contributed by atoms with Crippen LogP contribution in [0, 0.1) is 11.8 Å². The van der Waals surface area contributed by atoms with Gasteiger partial charge in [0.05, 0.1) is 6.61 Å². The Bertz CT molecular complexity index is 151. The van der Waals surface area contributed by atoms with Crippen molar-refractivity contribution in [2.45, 2.75) is 26.0 Å². The Kier molecular flexibility index (Phi) is 3.52. The fraction of sp³-hybridized carbons (Fsp3) is 1.00. The predicted octanol–water partition coefficient (Wildman–Crippen LogP) is 1.71. The molecule has 1 N–H and O–H groups in total. The van der Waals surface area contributed by atoms with Crippen LogP contribution in [0.4, 0.5) is 0 Å². The average Bonchev–Trinajstić information content (AvgIpc) is 2.62. The Labute approximate surface area is 84.8 Å². The Hall–Kier alpha value is 0.270. The number of hydrogen-bond donors (Lipinski definition) is 1. The molecule has 2 fully saturated rings. The van der Waals surface area contributed by atoms with E-state index in [0.29, 0.717) is 12.1 Å². The number of thioether (sulfide) groups is 1. The Morgan fingerprint density at radius 2 is 2.46 bits per heavy atom. The van der Waals surface area contributed by atoms with Crippen molar-refractivity contribution in [2.24, 2.45) is 11.8 Å². The van der Waals surface area contributed by atoms with Crippen LogP contribution in [-0.4, -0.2) is 30.9 Å². The van der Waals surface area contributed by atoms with Crippen molar-refractivity contribution in [3.63, 3.8) is 0 Å². The summed E-state index contributed by atoms with van der Waals surface area (Å²) in [6.07, 6.45) is 2.96. The van der Waals surface area contributed by atoms with E-state index in [4.69, 9.17) is 4.74 Å². The summed E-state index contributed by atoms with van der Waals surface area (Å²) in [4.78, 5) is 0. The molecule has 2 aliphatic heterocycles. The molecule has 3 unspecified atom stereocenters. The third-order valence-electron chi connectivity index (χ3n) is 2.85. The summed E-state index contributed by atoms with van der Waals surface area (Å²) in [6, 6.07) is 0. The van der Waals surface area contributed by atoms with Crippen molar-refractivity contribution in [1.29, 1.82) is 0 Å². The van der Waals surface area contributed by atoms with Crippen molar-refractivity contribution in [3.8, 4) is 0 Å². The molecule has 0 aromatic rings. The first-order chi connectivity index (χ1) is 6.34. The maximum atomic E-state index is 5.73. The number of nitrogens with one attached hydrogen (secondary N) is 1. The van der Waals surface area contributed by atoms with Crippen LogP contribution in [0.2, 0.25) is 0 Å². The zero-order valence-electron chi connectivity index (χ0n) is 8.29. The van der Waals surface area contributed by atoms with Gasteiger partial charge in [0.25, 0.3) is 0 Å². The lowest BCUT2D eigenvalue weighted by Gasteiger charge is -2.29. The van der Waals surface area contributed by atoms with Gasteiger partial charge in [0.2, 0.25) is 0 Å². The van der Waals surface area contributed by atoms with Crippen LogP contribution in [0.25, 0.3) is 0 Å². The smallest absolute Gasteiger partial charge is 0.108 e. The van der Waals surface area contributed by atoms with E-state index < -0.39 is 0 Å². The SMILES string of the molecule is CC1CNC(CC2CCSC2)OC1. The third-order valence-corrected chi connectivity index (χ3v) is 4.08. The van der Waals surface area contributed by atoms with Crippen LogP contribution in [0.15, 0.2) is 0 Å². The van der Waals surface area contributed by atoms with Gasteiger partial charge >= 0.3 is 0 Å². The van der Waals surface area contributed by atoms with Gasteiger partial charge in [0.1, 0.15) is 6.23 Å². The molecule has 0 amide bonds. The van der Waals surface area contributed by atoms with Gasteiger partial charge in [0.15, 0.2) is 0 Å². The summed E-state index contributed by atoms with van der Waals surface area (Å²) in [5, 5.41) is 3.46. The van der Waals surface area contributed by atoms with Gasteiger partial charge in [-0.15, -0.1) is 0 Å². The second kappa shape index (κ2) is 4.67. The molecular weight excluding hydrogens is 182 g/mol. The van der Waals surface area contributed by atoms with Crippen molar-refractivity contribution in [3.05, 3.63) is 0 Å². The molecule has 2 saturated heterocycles. The van der Waals surface area contributed by atoms with E-state index in [9.17, 15) is 0 Å². The van der Waals surface area contributed by atoms with Crippen molar-refractivity contribution in [2.75, 3.05) is 24.7 Å². The molecule has 2 nitrogen and oxygen atoms in total. The monoisotopic (exact) mass is 201 g/mol. The summed E-state index contributed by atoms with van der Waals surface area (Å²) < 4.78 is 5.73. The molecule has 0 aromatic carbocycles. The molecule has 0 aromatic heterocycles. The molecule has 2 rings (SSSR count). The van der Waals surface area contributed by atoms with Crippen LogP contribution < -0.4 is 5.32 Å². The first-order valence-corrected chi connectivity index (χ1v) is 6.43. The summed E-state index contributed by atoms with van der Waals surface area (Å²) in [5.74, 6) is 4.29. The highest BCUT2D eigenvalue weighted by atomic mass is 32.2. The van der Waals surface area contributed by atoms with Crippen LogP contribution in [-0.2, 0) is 4.74 Å². The molecule has 0 bridgehead atoms. The molecule has 0 saturated carbocycles. The second-order valence-electron chi connectivity index (χ2n) is 4.30. The maximum Gasteiger partial charge on any atom is 0.108 e. The standard InChI is InChI=1S/C10H19NOS/c1-8-5-11-10(12-6-8)4-9-2-3-13-7-9/h8-11H,2-7H2,1H3. The molecule has 2 aliphatic rings. The molecule has 13 heavy (non-hydrogen) atoms. The van der Waals surface area contributed by atoms with E-state index in [0.717, 1.165) is 19.1 Å². The highest BCUT2D eigenvalue weighted by molar-refractivity contribution is 7.99. The fourth-order valence-electron chi connectivity index (χ4n) is 1.95. The molecule has 76 valence electrons. The van der Waals surface area contributed by atoms with E-state index >= 15 is 0 Å². The molecular formula is C10H19NOS. The summed E-state index contributed by atoms with van der Waals surface area (Å²) in [6.45, 7) is 4.30. The van der Waals surface area contributed by atoms with Gasteiger partial charge in [0, 0.05) is 6.54 Å². The minimum atomic E-state index is 0.347. The first-order valence-electron chi connectivity index (χ1n) is 5.27. The van der Waals surface area contributed by atoms with Crippen molar-refractivity contribution >= 4 is 11.8 Å². The molecule has 0 radical (unpaired) electrons. The number of rotatable bonds is 2. The van der Waals surface area contributed by atoms with E-state index in [1.54, 1.807) is 0 Å². The van der Waals surface area contributed by atoms with Crippen LogP contribution in [0.1, 0.15) is 19.8 Å². The fourth-order valence-corrected chi connectivity index (χ4v) is 3.26. The van der Waals surface area contributed by atoms with Crippen LogP contribution >= 0.6 is 11.8 Å². The summed E-state index contributed by atoms with van der Waals surface area (Å²) >= 11 is 2.09. The maximum absolute atomic E-state index is 5.73. The zero-order chi connectivity index (χ0) is 9.10. The van der Waals surface area contributed by atoms with E-state index in [1.807, 2.05) is 0 Å².